The van der Waals surface area contributed by atoms with Crippen LogP contribution >= 0.6 is 0 Å². The molecule has 1 aromatic rings. The van der Waals surface area contributed by atoms with Gasteiger partial charge in [-0.05, 0) is 55.6 Å². The van der Waals surface area contributed by atoms with Gasteiger partial charge in [0.1, 0.15) is 0 Å². The molecule has 1 aliphatic rings. The van der Waals surface area contributed by atoms with Crippen molar-refractivity contribution in [2.75, 3.05) is 0 Å². The van der Waals surface area contributed by atoms with Crippen molar-refractivity contribution in [2.24, 2.45) is 5.41 Å². The molecule has 1 nitrogen and oxygen atoms in total. The Morgan fingerprint density at radius 2 is 1.89 bits per heavy atom. The van der Waals surface area contributed by atoms with Crippen LogP contribution in [0.25, 0.3) is 0 Å². The Morgan fingerprint density at radius 3 is 2.50 bits per heavy atom. The van der Waals surface area contributed by atoms with Crippen molar-refractivity contribution in [2.45, 2.75) is 64.9 Å². The molecule has 0 aromatic heterocycles. The van der Waals surface area contributed by atoms with Crippen LogP contribution < -0.4 is 0 Å². The maximum Gasteiger partial charge on any atom is 0.0843 e. The van der Waals surface area contributed by atoms with Crippen LogP contribution in [-0.4, -0.2) is 5.11 Å². The summed E-state index contributed by atoms with van der Waals surface area (Å²) in [6.07, 6.45) is 5.13. The van der Waals surface area contributed by atoms with Gasteiger partial charge >= 0.3 is 0 Å². The summed E-state index contributed by atoms with van der Waals surface area (Å²) in [5.41, 5.74) is 2.17. The van der Waals surface area contributed by atoms with E-state index in [1.807, 2.05) is 19.9 Å². The Morgan fingerprint density at radius 1 is 1.22 bits per heavy atom. The Kier molecular flexibility index (Phi) is 3.55. The smallest absolute Gasteiger partial charge is 0.0843 e. The highest BCUT2D eigenvalue weighted by molar-refractivity contribution is 5.34. The van der Waals surface area contributed by atoms with Crippen molar-refractivity contribution in [3.05, 3.63) is 35.4 Å². The molecule has 0 spiro atoms. The summed E-state index contributed by atoms with van der Waals surface area (Å²) in [7, 11) is 0. The Hall–Kier alpha value is -0.820. The van der Waals surface area contributed by atoms with Gasteiger partial charge in [-0.2, -0.15) is 0 Å². The van der Waals surface area contributed by atoms with Gasteiger partial charge in [0.05, 0.1) is 5.60 Å². The lowest BCUT2D eigenvalue weighted by Gasteiger charge is -2.37. The van der Waals surface area contributed by atoms with E-state index in [0.717, 1.165) is 5.56 Å². The monoisotopic (exact) mass is 246 g/mol. The number of hydrogen-bond acceptors (Lipinski definition) is 1. The lowest BCUT2D eigenvalue weighted by atomic mass is 9.69. The summed E-state index contributed by atoms with van der Waals surface area (Å²) in [5.74, 6) is 0.608. The summed E-state index contributed by atoms with van der Waals surface area (Å²) in [6.45, 7) is 8.51. The second-order valence-corrected chi connectivity index (χ2v) is 7.10. The second kappa shape index (κ2) is 4.70. The largest absolute Gasteiger partial charge is 0.386 e. The first-order valence-corrected chi connectivity index (χ1v) is 7.11. The minimum absolute atomic E-state index is 0.440. The number of hydrogen-bond donors (Lipinski definition) is 1. The zero-order valence-corrected chi connectivity index (χ0v) is 12.2. The first-order valence-electron chi connectivity index (χ1n) is 7.11. The summed E-state index contributed by atoms with van der Waals surface area (Å²) in [4.78, 5) is 0. The molecule has 2 rings (SSSR count). The molecule has 1 heteroatoms. The van der Waals surface area contributed by atoms with E-state index < -0.39 is 5.60 Å². The van der Waals surface area contributed by atoms with E-state index in [0.29, 0.717) is 11.3 Å². The average molecular weight is 246 g/mol. The Balaban J connectivity index is 2.33. The molecule has 1 aromatic carbocycles. The average Bonchev–Trinajstić information content (AvgIpc) is 2.26. The molecule has 18 heavy (non-hydrogen) atoms. The third-order valence-corrected chi connectivity index (χ3v) is 4.26. The summed E-state index contributed by atoms with van der Waals surface area (Å²) < 4.78 is 0. The fourth-order valence-electron chi connectivity index (χ4n) is 3.37. The molecule has 0 saturated heterocycles. The molecular formula is C17H26O. The van der Waals surface area contributed by atoms with E-state index in [9.17, 15) is 5.11 Å². The van der Waals surface area contributed by atoms with E-state index in [4.69, 9.17) is 0 Å². The number of aliphatic hydroxyl groups is 1. The zero-order chi connectivity index (χ0) is 13.4. The zero-order valence-electron chi connectivity index (χ0n) is 12.2. The molecular weight excluding hydrogens is 220 g/mol. The van der Waals surface area contributed by atoms with Crippen LogP contribution in [0.4, 0.5) is 0 Å². The van der Waals surface area contributed by atoms with Gasteiger partial charge in [-0.3, -0.25) is 0 Å². The van der Waals surface area contributed by atoms with Gasteiger partial charge in [0.25, 0.3) is 0 Å². The maximum absolute atomic E-state index is 10.3. The standard InChI is InChI=1S/C17H26O/c1-16(2)11-7-8-13(12-16)14-9-5-6-10-15(14)17(3,4)18/h5-6,9-10,13,18H,7-8,11-12H2,1-4H3. The van der Waals surface area contributed by atoms with E-state index in [1.165, 1.54) is 31.2 Å². The van der Waals surface area contributed by atoms with Gasteiger partial charge in [-0.25, -0.2) is 0 Å². The lowest BCUT2D eigenvalue weighted by molar-refractivity contribution is 0.0762. The van der Waals surface area contributed by atoms with Gasteiger partial charge in [-0.15, -0.1) is 0 Å². The predicted octanol–water partition coefficient (Wildman–Crippen LogP) is 4.60. The Labute approximate surface area is 111 Å². The second-order valence-electron chi connectivity index (χ2n) is 7.10. The predicted molar refractivity (Wildman–Crippen MR) is 76.7 cm³/mol. The molecule has 1 N–H and O–H groups in total. The van der Waals surface area contributed by atoms with Gasteiger partial charge < -0.3 is 5.11 Å². The normalized spacial score (nSPS) is 23.9. The van der Waals surface area contributed by atoms with Crippen molar-refractivity contribution in [3.63, 3.8) is 0 Å². The van der Waals surface area contributed by atoms with Crippen LogP contribution in [0, 0.1) is 5.41 Å². The SMILES string of the molecule is CC1(C)CCCC(c2ccccc2C(C)(C)O)C1. The maximum atomic E-state index is 10.3. The highest BCUT2D eigenvalue weighted by atomic mass is 16.3. The van der Waals surface area contributed by atoms with Crippen LogP contribution in [0.15, 0.2) is 24.3 Å². The molecule has 0 aliphatic heterocycles. The van der Waals surface area contributed by atoms with E-state index >= 15 is 0 Å². The van der Waals surface area contributed by atoms with Gasteiger partial charge in [0.2, 0.25) is 0 Å². The molecule has 0 heterocycles. The molecule has 0 radical (unpaired) electrons. The summed E-state index contributed by atoms with van der Waals surface area (Å²) in [5, 5.41) is 10.3. The first-order chi connectivity index (χ1) is 8.30. The van der Waals surface area contributed by atoms with Gasteiger partial charge in [0.15, 0.2) is 0 Å². The van der Waals surface area contributed by atoms with Crippen LogP contribution in [0.3, 0.4) is 0 Å². The quantitative estimate of drug-likeness (QED) is 0.808. The summed E-state index contributed by atoms with van der Waals surface area (Å²) >= 11 is 0. The van der Waals surface area contributed by atoms with Crippen LogP contribution in [-0.2, 0) is 5.60 Å². The van der Waals surface area contributed by atoms with Crippen LogP contribution in [0.2, 0.25) is 0 Å². The Bertz CT molecular complexity index is 412. The van der Waals surface area contributed by atoms with Crippen molar-refractivity contribution in [1.82, 2.24) is 0 Å². The number of rotatable bonds is 2. The lowest BCUT2D eigenvalue weighted by Crippen LogP contribution is -2.25. The first kappa shape index (κ1) is 13.6. The third-order valence-electron chi connectivity index (χ3n) is 4.26. The molecule has 1 atom stereocenters. The number of benzene rings is 1. The molecule has 1 unspecified atom stereocenters. The topological polar surface area (TPSA) is 20.2 Å². The van der Waals surface area contributed by atoms with E-state index in [-0.39, 0.29) is 0 Å². The minimum atomic E-state index is -0.738. The third kappa shape index (κ3) is 2.95. The van der Waals surface area contributed by atoms with Gasteiger partial charge in [0, 0.05) is 0 Å². The minimum Gasteiger partial charge on any atom is -0.386 e. The molecule has 0 amide bonds. The van der Waals surface area contributed by atoms with E-state index in [2.05, 4.69) is 32.0 Å². The van der Waals surface area contributed by atoms with Crippen LogP contribution in [0.1, 0.15) is 70.4 Å². The van der Waals surface area contributed by atoms with Gasteiger partial charge in [-0.1, -0.05) is 44.5 Å². The van der Waals surface area contributed by atoms with Crippen molar-refractivity contribution < 1.29 is 5.11 Å². The fourth-order valence-corrected chi connectivity index (χ4v) is 3.37. The van der Waals surface area contributed by atoms with Crippen molar-refractivity contribution >= 4 is 0 Å². The van der Waals surface area contributed by atoms with E-state index in [1.54, 1.807) is 0 Å². The fraction of sp³-hybridized carbons (Fsp3) is 0.647. The molecule has 1 fully saturated rings. The highest BCUT2D eigenvalue weighted by Crippen LogP contribution is 2.45. The molecule has 1 aliphatic carbocycles. The van der Waals surface area contributed by atoms with Crippen molar-refractivity contribution in [3.8, 4) is 0 Å². The molecule has 100 valence electrons. The molecule has 0 bridgehead atoms. The highest BCUT2D eigenvalue weighted by Gasteiger charge is 2.31. The molecule has 1 saturated carbocycles. The van der Waals surface area contributed by atoms with Crippen LogP contribution in [0.5, 0.6) is 0 Å². The van der Waals surface area contributed by atoms with Crippen molar-refractivity contribution in [1.29, 1.82) is 0 Å². The summed E-state index contributed by atoms with van der Waals surface area (Å²) in [6, 6.07) is 8.42.